The van der Waals surface area contributed by atoms with Gasteiger partial charge in [0.1, 0.15) is 0 Å². The van der Waals surface area contributed by atoms with Crippen molar-refractivity contribution in [2.45, 2.75) is 72.6 Å². The molecule has 0 fully saturated rings. The zero-order valence-corrected chi connectivity index (χ0v) is 16.9. The second-order valence-electron chi connectivity index (χ2n) is 8.10. The number of carbonyl (C=O) groups excluding carboxylic acids is 1. The quantitative estimate of drug-likeness (QED) is 0.762. The van der Waals surface area contributed by atoms with Crippen LogP contribution in [0.4, 0.5) is 0 Å². The molecule has 0 aliphatic heterocycles. The van der Waals surface area contributed by atoms with Crippen LogP contribution in [-0.2, 0) is 19.6 Å². The molecule has 0 aromatic rings. The highest BCUT2D eigenvalue weighted by molar-refractivity contribution is 7.88. The van der Waals surface area contributed by atoms with Crippen molar-refractivity contribution < 1.29 is 17.9 Å². The van der Waals surface area contributed by atoms with Crippen molar-refractivity contribution in [2.75, 3.05) is 19.9 Å². The molecule has 0 aliphatic carbocycles. The van der Waals surface area contributed by atoms with Crippen LogP contribution in [0.2, 0.25) is 0 Å². The highest BCUT2D eigenvalue weighted by Crippen LogP contribution is 2.26. The monoisotopic (exact) mass is 350 g/mol. The summed E-state index contributed by atoms with van der Waals surface area (Å²) >= 11 is 0. The molecule has 7 heteroatoms. The summed E-state index contributed by atoms with van der Waals surface area (Å²) in [5.74, 6) is -0.208. The predicted octanol–water partition coefficient (Wildman–Crippen LogP) is 2.00. The summed E-state index contributed by atoms with van der Waals surface area (Å²) in [5, 5.41) is 2.56. The summed E-state index contributed by atoms with van der Waals surface area (Å²) in [6.07, 6.45) is 1.18. The van der Waals surface area contributed by atoms with Gasteiger partial charge in [0.25, 0.3) is 0 Å². The smallest absolute Gasteiger partial charge is 0.221 e. The predicted molar refractivity (Wildman–Crippen MR) is 93.8 cm³/mol. The van der Waals surface area contributed by atoms with E-state index in [1.165, 1.54) is 10.6 Å². The van der Waals surface area contributed by atoms with Crippen molar-refractivity contribution in [2.24, 2.45) is 5.41 Å². The first kappa shape index (κ1) is 22.3. The Hall–Kier alpha value is -0.660. The molecule has 23 heavy (non-hydrogen) atoms. The third kappa shape index (κ3) is 7.63. The van der Waals surface area contributed by atoms with Gasteiger partial charge >= 0.3 is 0 Å². The molecule has 0 saturated heterocycles. The molecule has 6 nitrogen and oxygen atoms in total. The summed E-state index contributed by atoms with van der Waals surface area (Å²) < 4.78 is 31.8. The van der Waals surface area contributed by atoms with Crippen molar-refractivity contribution in [3.05, 3.63) is 0 Å². The molecule has 0 radical (unpaired) electrons. The highest BCUT2D eigenvalue weighted by Gasteiger charge is 2.38. The Bertz CT molecular complexity index is 489. The number of nitrogens with one attached hydrogen (secondary N) is 1. The first-order valence-corrected chi connectivity index (χ1v) is 9.77. The number of hydrogen-bond acceptors (Lipinski definition) is 4. The Morgan fingerprint density at radius 2 is 1.65 bits per heavy atom. The van der Waals surface area contributed by atoms with E-state index in [1.54, 1.807) is 7.05 Å². The van der Waals surface area contributed by atoms with Gasteiger partial charge < -0.3 is 10.1 Å². The maximum Gasteiger partial charge on any atom is 0.221 e. The molecule has 1 amide bonds. The molecule has 138 valence electrons. The van der Waals surface area contributed by atoms with Gasteiger partial charge in [0.05, 0.1) is 25.0 Å². The van der Waals surface area contributed by atoms with Crippen LogP contribution in [0.5, 0.6) is 0 Å². The second-order valence-corrected chi connectivity index (χ2v) is 9.96. The second kappa shape index (κ2) is 7.94. The Kier molecular flexibility index (Phi) is 7.71. The normalized spacial score (nSPS) is 16.3. The first-order chi connectivity index (χ1) is 10.1. The SMILES string of the molecule is CNC(=O)CC(COC(C)C(C)(C)C)N(C(C)(C)C)S(C)(=O)=O. The lowest BCUT2D eigenvalue weighted by atomic mass is 9.90. The fourth-order valence-electron chi connectivity index (χ4n) is 2.35. The molecule has 0 aromatic heterocycles. The van der Waals surface area contributed by atoms with Crippen LogP contribution < -0.4 is 5.32 Å². The lowest BCUT2D eigenvalue weighted by Gasteiger charge is -2.40. The molecule has 0 bridgehead atoms. The van der Waals surface area contributed by atoms with Gasteiger partial charge in [-0.15, -0.1) is 0 Å². The molecule has 0 spiro atoms. The Balaban J connectivity index is 5.46. The Labute approximate surface area is 142 Å². The van der Waals surface area contributed by atoms with E-state index in [-0.39, 0.29) is 30.5 Å². The molecule has 0 rings (SSSR count). The van der Waals surface area contributed by atoms with Crippen molar-refractivity contribution in [1.29, 1.82) is 0 Å². The van der Waals surface area contributed by atoms with Crippen LogP contribution in [0.25, 0.3) is 0 Å². The van der Waals surface area contributed by atoms with Crippen LogP contribution in [0.1, 0.15) is 54.9 Å². The van der Waals surface area contributed by atoms with Crippen LogP contribution >= 0.6 is 0 Å². The van der Waals surface area contributed by atoms with Gasteiger partial charge in [-0.05, 0) is 33.1 Å². The number of sulfonamides is 1. The lowest BCUT2D eigenvalue weighted by molar-refractivity contribution is -0.122. The van der Waals surface area contributed by atoms with Gasteiger partial charge in [-0.1, -0.05) is 20.8 Å². The number of ether oxygens (including phenoxy) is 1. The molecule has 0 saturated carbocycles. The molecule has 0 aliphatic rings. The maximum atomic E-state index is 12.3. The van der Waals surface area contributed by atoms with E-state index >= 15 is 0 Å². The molecular weight excluding hydrogens is 316 g/mol. The molecule has 1 N–H and O–H groups in total. The number of nitrogens with zero attached hydrogens (tertiary/aromatic N) is 1. The van der Waals surface area contributed by atoms with E-state index in [0.29, 0.717) is 0 Å². The standard InChI is InChI=1S/C16H34N2O4S/c1-12(15(2,3)4)22-11-13(10-14(19)17-8)18(16(5,6)7)23(9,20)21/h12-13H,10-11H2,1-9H3,(H,17,19). The van der Waals surface area contributed by atoms with Crippen molar-refractivity contribution in [1.82, 2.24) is 9.62 Å². The van der Waals surface area contributed by atoms with E-state index < -0.39 is 21.6 Å². The largest absolute Gasteiger partial charge is 0.376 e. The molecule has 0 heterocycles. The third-order valence-electron chi connectivity index (χ3n) is 3.81. The van der Waals surface area contributed by atoms with E-state index in [0.717, 1.165) is 0 Å². The van der Waals surface area contributed by atoms with Crippen LogP contribution in [0.15, 0.2) is 0 Å². The number of amides is 1. The van der Waals surface area contributed by atoms with Crippen molar-refractivity contribution in [3.63, 3.8) is 0 Å². The topological polar surface area (TPSA) is 75.7 Å². The molecular formula is C16H34N2O4S. The molecule has 0 aromatic carbocycles. The summed E-state index contributed by atoms with van der Waals surface area (Å²) in [7, 11) is -1.94. The van der Waals surface area contributed by atoms with Gasteiger partial charge in [-0.3, -0.25) is 4.79 Å². The number of rotatable bonds is 7. The number of hydrogen-bond donors (Lipinski definition) is 1. The first-order valence-electron chi connectivity index (χ1n) is 7.92. The van der Waals surface area contributed by atoms with E-state index in [9.17, 15) is 13.2 Å². The average Bonchev–Trinajstić information content (AvgIpc) is 2.30. The average molecular weight is 351 g/mol. The highest BCUT2D eigenvalue weighted by atomic mass is 32.2. The van der Waals surface area contributed by atoms with Gasteiger partial charge in [0, 0.05) is 19.0 Å². The van der Waals surface area contributed by atoms with Crippen LogP contribution in [0.3, 0.4) is 0 Å². The molecule has 2 atom stereocenters. The minimum Gasteiger partial charge on any atom is -0.376 e. The van der Waals surface area contributed by atoms with Gasteiger partial charge in [-0.2, -0.15) is 4.31 Å². The molecule has 2 unspecified atom stereocenters. The Morgan fingerprint density at radius 3 is 1.96 bits per heavy atom. The van der Waals surface area contributed by atoms with Crippen molar-refractivity contribution in [3.8, 4) is 0 Å². The Morgan fingerprint density at radius 1 is 1.17 bits per heavy atom. The maximum absolute atomic E-state index is 12.3. The van der Waals surface area contributed by atoms with E-state index in [1.807, 2.05) is 27.7 Å². The zero-order chi connectivity index (χ0) is 18.6. The minimum atomic E-state index is -3.49. The fourth-order valence-corrected chi connectivity index (χ4v) is 4.02. The van der Waals surface area contributed by atoms with Gasteiger partial charge in [-0.25, -0.2) is 8.42 Å². The van der Waals surface area contributed by atoms with E-state index in [4.69, 9.17) is 4.74 Å². The van der Waals surface area contributed by atoms with Gasteiger partial charge in [0.15, 0.2) is 0 Å². The number of carbonyl (C=O) groups is 1. The van der Waals surface area contributed by atoms with Crippen LogP contribution in [0, 0.1) is 5.41 Å². The third-order valence-corrected chi connectivity index (χ3v) is 5.37. The lowest BCUT2D eigenvalue weighted by Crippen LogP contribution is -2.54. The fraction of sp³-hybridized carbons (Fsp3) is 0.938. The van der Waals surface area contributed by atoms with E-state index in [2.05, 4.69) is 26.1 Å². The summed E-state index contributed by atoms with van der Waals surface area (Å²) in [4.78, 5) is 11.8. The minimum absolute atomic E-state index is 0.0592. The zero-order valence-electron chi connectivity index (χ0n) is 16.1. The van der Waals surface area contributed by atoms with Gasteiger partial charge in [0.2, 0.25) is 15.9 Å². The summed E-state index contributed by atoms with van der Waals surface area (Å²) in [6.45, 7) is 13.8. The van der Waals surface area contributed by atoms with Crippen molar-refractivity contribution >= 4 is 15.9 Å². The summed E-state index contributed by atoms with van der Waals surface area (Å²) in [6, 6.07) is -0.547. The summed E-state index contributed by atoms with van der Waals surface area (Å²) in [5.41, 5.74) is -0.699. The van der Waals surface area contributed by atoms with Crippen LogP contribution in [-0.4, -0.2) is 56.2 Å².